The van der Waals surface area contributed by atoms with E-state index in [2.05, 4.69) is 9.97 Å². The number of nitrogens with zero attached hydrogens (tertiary/aromatic N) is 3. The molecule has 2 heterocycles. The second kappa shape index (κ2) is 6.06. The molecular formula is C11H15N3O4S2. The van der Waals surface area contributed by atoms with Crippen molar-refractivity contribution in [2.24, 2.45) is 0 Å². The summed E-state index contributed by atoms with van der Waals surface area (Å²) in [5.41, 5.74) is 0.353. The molecule has 0 bridgehead atoms. The lowest BCUT2D eigenvalue weighted by molar-refractivity contribution is 0.0693. The highest BCUT2D eigenvalue weighted by Gasteiger charge is 2.31. The molecule has 1 unspecified atom stereocenters. The third-order valence-corrected chi connectivity index (χ3v) is 5.75. The Morgan fingerprint density at radius 3 is 3.00 bits per heavy atom. The van der Waals surface area contributed by atoms with E-state index in [0.717, 1.165) is 5.75 Å². The van der Waals surface area contributed by atoms with Crippen molar-refractivity contribution in [2.45, 2.75) is 11.9 Å². The van der Waals surface area contributed by atoms with Gasteiger partial charge >= 0.3 is 5.97 Å². The first-order valence-corrected chi connectivity index (χ1v) is 9.03. The highest BCUT2D eigenvalue weighted by atomic mass is 32.2. The number of carboxylic acids is 1. The molecule has 0 radical (unpaired) electrons. The lowest BCUT2D eigenvalue weighted by Gasteiger charge is -2.33. The lowest BCUT2D eigenvalue weighted by Crippen LogP contribution is -2.46. The molecule has 1 atom stereocenters. The number of hydrogen-bond acceptors (Lipinski definition) is 7. The van der Waals surface area contributed by atoms with Crippen molar-refractivity contribution in [1.29, 1.82) is 0 Å². The van der Waals surface area contributed by atoms with Crippen LogP contribution in [-0.2, 0) is 16.4 Å². The van der Waals surface area contributed by atoms with Gasteiger partial charge in [0.05, 0.1) is 5.69 Å². The number of aromatic nitrogens is 2. The smallest absolute Gasteiger partial charge is 0.339 e. The van der Waals surface area contributed by atoms with E-state index in [1.165, 1.54) is 18.8 Å². The number of carboxylic acid groups (broad SMARTS) is 1. The molecule has 1 aliphatic heterocycles. The molecule has 1 aromatic rings. The number of hydrogen-bond donors (Lipinski definition) is 1. The molecule has 1 N–H and O–H groups in total. The third-order valence-electron chi connectivity index (χ3n) is 3.06. The number of sulfone groups is 1. The van der Waals surface area contributed by atoms with Crippen LogP contribution in [0.1, 0.15) is 16.1 Å². The van der Waals surface area contributed by atoms with Crippen LogP contribution in [0.5, 0.6) is 0 Å². The van der Waals surface area contributed by atoms with Crippen LogP contribution >= 0.6 is 11.8 Å². The average Bonchev–Trinajstić information content (AvgIpc) is 2.38. The van der Waals surface area contributed by atoms with Crippen molar-refractivity contribution in [3.63, 3.8) is 0 Å². The summed E-state index contributed by atoms with van der Waals surface area (Å²) in [6.07, 6.45) is 3.71. The molecule has 0 aliphatic carbocycles. The van der Waals surface area contributed by atoms with Gasteiger partial charge in [-0.1, -0.05) is 0 Å². The van der Waals surface area contributed by atoms with Gasteiger partial charge in [-0.2, -0.15) is 11.8 Å². The van der Waals surface area contributed by atoms with Gasteiger partial charge in [-0.25, -0.2) is 23.2 Å². The standard InChI is InChI=1S/C11H15N3O4S2/c1-20(17,18)10-6-19-3-2-14(10)5-9-8(11(15)16)4-12-7-13-9/h4,7,10H,2-3,5-6H2,1H3,(H,15,16). The average molecular weight is 317 g/mol. The first kappa shape index (κ1) is 15.2. The third kappa shape index (κ3) is 3.47. The second-order valence-corrected chi connectivity index (χ2v) is 7.87. The molecule has 7 nitrogen and oxygen atoms in total. The van der Waals surface area contributed by atoms with E-state index in [9.17, 15) is 13.2 Å². The van der Waals surface area contributed by atoms with E-state index in [0.29, 0.717) is 18.0 Å². The van der Waals surface area contributed by atoms with Gasteiger partial charge in [-0.3, -0.25) is 4.90 Å². The summed E-state index contributed by atoms with van der Waals surface area (Å²) >= 11 is 1.58. The zero-order chi connectivity index (χ0) is 14.8. The van der Waals surface area contributed by atoms with Crippen LogP contribution in [0.4, 0.5) is 0 Å². The van der Waals surface area contributed by atoms with Gasteiger partial charge in [-0.05, 0) is 0 Å². The largest absolute Gasteiger partial charge is 0.478 e. The van der Waals surface area contributed by atoms with Crippen LogP contribution in [0.15, 0.2) is 12.5 Å². The summed E-state index contributed by atoms with van der Waals surface area (Å²) < 4.78 is 23.6. The molecule has 1 aromatic heterocycles. The minimum Gasteiger partial charge on any atom is -0.478 e. The maximum atomic E-state index is 11.8. The monoisotopic (exact) mass is 317 g/mol. The Hall–Kier alpha value is -1.19. The van der Waals surface area contributed by atoms with Crippen molar-refractivity contribution in [3.05, 3.63) is 23.8 Å². The van der Waals surface area contributed by atoms with E-state index in [-0.39, 0.29) is 12.1 Å². The molecule has 9 heteroatoms. The SMILES string of the molecule is CS(=O)(=O)C1CSCCN1Cc1ncncc1C(=O)O. The van der Waals surface area contributed by atoms with E-state index in [1.807, 2.05) is 0 Å². The lowest BCUT2D eigenvalue weighted by atomic mass is 10.2. The van der Waals surface area contributed by atoms with E-state index >= 15 is 0 Å². The van der Waals surface area contributed by atoms with E-state index < -0.39 is 21.2 Å². The Morgan fingerprint density at radius 1 is 1.60 bits per heavy atom. The van der Waals surface area contributed by atoms with Crippen LogP contribution in [0.3, 0.4) is 0 Å². The predicted octanol–water partition coefficient (Wildman–Crippen LogP) is 0.0943. The van der Waals surface area contributed by atoms with Crippen LogP contribution in [0.2, 0.25) is 0 Å². The van der Waals surface area contributed by atoms with Gasteiger partial charge in [0.25, 0.3) is 0 Å². The van der Waals surface area contributed by atoms with Gasteiger partial charge < -0.3 is 5.11 Å². The molecule has 0 aromatic carbocycles. The van der Waals surface area contributed by atoms with Crippen molar-refractivity contribution < 1.29 is 18.3 Å². The first-order valence-electron chi connectivity index (χ1n) is 5.92. The van der Waals surface area contributed by atoms with Crippen molar-refractivity contribution in [2.75, 3.05) is 24.3 Å². The zero-order valence-corrected chi connectivity index (χ0v) is 12.5. The van der Waals surface area contributed by atoms with Gasteiger partial charge in [0, 0.05) is 37.0 Å². The fraction of sp³-hybridized carbons (Fsp3) is 0.545. The Bertz CT molecular complexity index is 605. The number of aromatic carboxylic acids is 1. The van der Waals surface area contributed by atoms with Crippen molar-refractivity contribution in [3.8, 4) is 0 Å². The highest BCUT2D eigenvalue weighted by Crippen LogP contribution is 2.22. The molecule has 0 amide bonds. The second-order valence-electron chi connectivity index (χ2n) is 4.52. The summed E-state index contributed by atoms with van der Waals surface area (Å²) in [6.45, 7) is 0.786. The van der Waals surface area contributed by atoms with E-state index in [4.69, 9.17) is 5.11 Å². The van der Waals surface area contributed by atoms with Crippen molar-refractivity contribution >= 4 is 27.6 Å². The fourth-order valence-corrected chi connectivity index (χ4v) is 4.98. The summed E-state index contributed by atoms with van der Waals surface area (Å²) in [4.78, 5) is 20.6. The summed E-state index contributed by atoms with van der Waals surface area (Å²) in [6, 6.07) is 0. The van der Waals surface area contributed by atoms with E-state index in [1.54, 1.807) is 16.7 Å². The van der Waals surface area contributed by atoms with Crippen LogP contribution in [-0.4, -0.2) is 64.0 Å². The van der Waals surface area contributed by atoms with Crippen molar-refractivity contribution in [1.82, 2.24) is 14.9 Å². The van der Waals surface area contributed by atoms with Crippen LogP contribution in [0.25, 0.3) is 0 Å². The summed E-state index contributed by atoms with van der Waals surface area (Å²) in [5.74, 6) is 0.203. The summed E-state index contributed by atoms with van der Waals surface area (Å²) in [5, 5.41) is 8.50. The Labute approximate surface area is 121 Å². The summed E-state index contributed by atoms with van der Waals surface area (Å²) in [7, 11) is -3.21. The Balaban J connectivity index is 2.26. The molecule has 110 valence electrons. The Kier molecular flexibility index (Phi) is 4.61. The fourth-order valence-electron chi connectivity index (χ4n) is 2.04. The maximum Gasteiger partial charge on any atom is 0.339 e. The minimum atomic E-state index is -3.21. The van der Waals surface area contributed by atoms with Gasteiger partial charge in [0.1, 0.15) is 17.3 Å². The number of carbonyl (C=O) groups is 1. The first-order chi connectivity index (χ1) is 9.39. The zero-order valence-electron chi connectivity index (χ0n) is 10.9. The number of thioether (sulfide) groups is 1. The van der Waals surface area contributed by atoms with Gasteiger partial charge in [0.15, 0.2) is 9.84 Å². The predicted molar refractivity (Wildman–Crippen MR) is 75.4 cm³/mol. The molecule has 2 rings (SSSR count). The topological polar surface area (TPSA) is 100 Å². The Morgan fingerprint density at radius 2 is 2.35 bits per heavy atom. The molecule has 1 saturated heterocycles. The maximum absolute atomic E-state index is 11.8. The molecule has 0 saturated carbocycles. The molecule has 0 spiro atoms. The molecule has 1 fully saturated rings. The number of rotatable bonds is 4. The molecule has 20 heavy (non-hydrogen) atoms. The minimum absolute atomic E-state index is 0.0120. The van der Waals surface area contributed by atoms with Crippen LogP contribution in [0, 0.1) is 0 Å². The normalized spacial score (nSPS) is 20.8. The van der Waals surface area contributed by atoms with Gasteiger partial charge in [0.2, 0.25) is 0 Å². The highest BCUT2D eigenvalue weighted by molar-refractivity contribution is 8.00. The quantitative estimate of drug-likeness (QED) is 0.834. The molecule has 1 aliphatic rings. The van der Waals surface area contributed by atoms with Crippen LogP contribution < -0.4 is 0 Å². The van der Waals surface area contributed by atoms with Gasteiger partial charge in [-0.15, -0.1) is 0 Å². The molecular weight excluding hydrogens is 302 g/mol.